The van der Waals surface area contributed by atoms with E-state index < -0.39 is 0 Å². The van der Waals surface area contributed by atoms with Crippen LogP contribution in [0.1, 0.15) is 17.5 Å². The van der Waals surface area contributed by atoms with Gasteiger partial charge in [0, 0.05) is 57.9 Å². The van der Waals surface area contributed by atoms with E-state index in [1.807, 2.05) is 23.1 Å². The topological polar surface area (TPSA) is 26.8 Å². The van der Waals surface area contributed by atoms with Crippen molar-refractivity contribution in [1.82, 2.24) is 9.80 Å². The fourth-order valence-electron chi connectivity index (χ4n) is 4.00. The van der Waals surface area contributed by atoms with Crippen LogP contribution < -0.4 is 4.90 Å². The Morgan fingerprint density at radius 1 is 0.889 bits per heavy atom. The molecule has 0 radical (unpaired) electrons. The monoisotopic (exact) mass is 367 g/mol. The van der Waals surface area contributed by atoms with Crippen molar-refractivity contribution in [3.8, 4) is 0 Å². The van der Waals surface area contributed by atoms with Gasteiger partial charge in [0.2, 0.25) is 5.91 Å². The summed E-state index contributed by atoms with van der Waals surface area (Å²) in [7, 11) is 0. The highest BCUT2D eigenvalue weighted by molar-refractivity contribution is 5.76. The molecule has 27 heavy (non-hydrogen) atoms. The quantitative estimate of drug-likeness (QED) is 0.831. The fourth-order valence-corrected chi connectivity index (χ4v) is 4.00. The van der Waals surface area contributed by atoms with Gasteiger partial charge in [-0.25, -0.2) is 4.39 Å². The van der Waals surface area contributed by atoms with Crippen LogP contribution in [-0.4, -0.2) is 55.0 Å². The molecule has 0 saturated carbocycles. The Balaban J connectivity index is 1.23. The first-order chi connectivity index (χ1) is 13.2. The number of halogens is 1. The third kappa shape index (κ3) is 4.30. The zero-order chi connectivity index (χ0) is 18.6. The number of amides is 1. The summed E-state index contributed by atoms with van der Waals surface area (Å²) in [4.78, 5) is 19.3. The zero-order valence-electron chi connectivity index (χ0n) is 15.6. The van der Waals surface area contributed by atoms with Gasteiger partial charge in [-0.05, 0) is 41.8 Å². The highest BCUT2D eigenvalue weighted by atomic mass is 19.1. The maximum Gasteiger partial charge on any atom is 0.224 e. The summed E-state index contributed by atoms with van der Waals surface area (Å²) in [5.74, 6) is 0.0571. The third-order valence-electron chi connectivity index (χ3n) is 5.69. The normalized spacial score (nSPS) is 17.7. The Kier molecular flexibility index (Phi) is 5.39. The van der Waals surface area contributed by atoms with Gasteiger partial charge in [-0.15, -0.1) is 0 Å². The first kappa shape index (κ1) is 18.0. The molecule has 0 spiro atoms. The maximum atomic E-state index is 13.1. The number of hydrogen-bond donors (Lipinski definition) is 0. The Bertz CT molecular complexity index is 784. The second-order valence-corrected chi connectivity index (χ2v) is 7.39. The van der Waals surface area contributed by atoms with Crippen molar-refractivity contribution in [2.75, 3.05) is 44.2 Å². The lowest BCUT2D eigenvalue weighted by Crippen LogP contribution is -2.47. The van der Waals surface area contributed by atoms with Crippen molar-refractivity contribution in [1.29, 1.82) is 0 Å². The van der Waals surface area contributed by atoms with Gasteiger partial charge in [0.05, 0.1) is 0 Å². The highest BCUT2D eigenvalue weighted by Gasteiger charge is 2.22. The number of carbonyl (C=O) groups is 1. The summed E-state index contributed by atoms with van der Waals surface area (Å²) in [5.41, 5.74) is 3.72. The Morgan fingerprint density at radius 2 is 1.59 bits per heavy atom. The molecule has 4 nitrogen and oxygen atoms in total. The molecule has 1 amide bonds. The molecule has 2 aliphatic rings. The van der Waals surface area contributed by atoms with E-state index in [4.69, 9.17) is 0 Å². The average Bonchev–Trinajstić information content (AvgIpc) is 2.72. The summed E-state index contributed by atoms with van der Waals surface area (Å²) in [6.45, 7) is 6.09. The van der Waals surface area contributed by atoms with Crippen LogP contribution in [-0.2, 0) is 17.8 Å². The summed E-state index contributed by atoms with van der Waals surface area (Å²) >= 11 is 0. The number of benzene rings is 2. The molecular weight excluding hydrogens is 341 g/mol. The van der Waals surface area contributed by atoms with Crippen LogP contribution >= 0.6 is 0 Å². The van der Waals surface area contributed by atoms with Crippen LogP contribution in [0.3, 0.4) is 0 Å². The molecular formula is C22H26FN3O. The SMILES string of the molecule is O=C(CCN1CCN(c2ccc(F)cc2)CC1)N1CCc2ccccc2C1. The molecule has 1 saturated heterocycles. The molecule has 5 heteroatoms. The molecule has 2 aliphatic heterocycles. The maximum absolute atomic E-state index is 13.1. The lowest BCUT2D eigenvalue weighted by molar-refractivity contribution is -0.132. The van der Waals surface area contributed by atoms with Crippen LogP contribution in [0.5, 0.6) is 0 Å². The number of rotatable bonds is 4. The van der Waals surface area contributed by atoms with Crippen molar-refractivity contribution in [2.45, 2.75) is 19.4 Å². The number of anilines is 1. The second-order valence-electron chi connectivity index (χ2n) is 7.39. The van der Waals surface area contributed by atoms with E-state index in [-0.39, 0.29) is 11.7 Å². The standard InChI is InChI=1S/C22H26FN3O/c23-20-5-7-21(8-6-20)25-15-13-24(14-16-25)11-10-22(27)26-12-9-18-3-1-2-4-19(18)17-26/h1-8H,9-17H2. The Labute approximate surface area is 160 Å². The number of fused-ring (bicyclic) bond motifs is 1. The molecule has 1 fully saturated rings. The minimum absolute atomic E-state index is 0.198. The molecule has 0 bridgehead atoms. The minimum Gasteiger partial charge on any atom is -0.369 e. The molecule has 0 aromatic heterocycles. The number of hydrogen-bond acceptors (Lipinski definition) is 3. The average molecular weight is 367 g/mol. The molecule has 142 valence electrons. The van der Waals surface area contributed by atoms with E-state index in [9.17, 15) is 9.18 Å². The van der Waals surface area contributed by atoms with Crippen molar-refractivity contribution < 1.29 is 9.18 Å². The van der Waals surface area contributed by atoms with E-state index >= 15 is 0 Å². The lowest BCUT2D eigenvalue weighted by atomic mass is 10.00. The van der Waals surface area contributed by atoms with Crippen molar-refractivity contribution in [3.05, 3.63) is 65.5 Å². The first-order valence-electron chi connectivity index (χ1n) is 9.76. The van der Waals surface area contributed by atoms with Crippen LogP contribution in [0.15, 0.2) is 48.5 Å². The highest BCUT2D eigenvalue weighted by Crippen LogP contribution is 2.20. The molecule has 0 N–H and O–H groups in total. The van der Waals surface area contributed by atoms with Crippen molar-refractivity contribution in [2.24, 2.45) is 0 Å². The molecule has 2 aromatic carbocycles. The van der Waals surface area contributed by atoms with Crippen LogP contribution in [0, 0.1) is 5.82 Å². The largest absolute Gasteiger partial charge is 0.369 e. The minimum atomic E-state index is -0.198. The molecule has 2 heterocycles. The third-order valence-corrected chi connectivity index (χ3v) is 5.69. The van der Waals surface area contributed by atoms with Gasteiger partial charge in [0.25, 0.3) is 0 Å². The zero-order valence-corrected chi connectivity index (χ0v) is 15.6. The Hall–Kier alpha value is -2.40. The van der Waals surface area contributed by atoms with Crippen LogP contribution in [0.4, 0.5) is 10.1 Å². The van der Waals surface area contributed by atoms with E-state index in [0.29, 0.717) is 6.42 Å². The van der Waals surface area contributed by atoms with Crippen LogP contribution in [0.25, 0.3) is 0 Å². The summed E-state index contributed by atoms with van der Waals surface area (Å²) in [6, 6.07) is 15.1. The molecule has 4 rings (SSSR count). The van der Waals surface area contributed by atoms with Gasteiger partial charge < -0.3 is 9.80 Å². The smallest absolute Gasteiger partial charge is 0.224 e. The summed E-state index contributed by atoms with van der Waals surface area (Å²) in [6.07, 6.45) is 1.54. The van der Waals surface area contributed by atoms with Crippen molar-refractivity contribution in [3.63, 3.8) is 0 Å². The van der Waals surface area contributed by atoms with Crippen LogP contribution in [0.2, 0.25) is 0 Å². The Morgan fingerprint density at radius 3 is 2.33 bits per heavy atom. The molecule has 0 unspecified atom stereocenters. The van der Waals surface area contributed by atoms with Crippen molar-refractivity contribution >= 4 is 11.6 Å². The van der Waals surface area contributed by atoms with E-state index in [1.54, 1.807) is 0 Å². The first-order valence-corrected chi connectivity index (χ1v) is 9.76. The van der Waals surface area contributed by atoms with Gasteiger partial charge >= 0.3 is 0 Å². The second kappa shape index (κ2) is 8.09. The molecule has 0 aliphatic carbocycles. The van der Waals surface area contributed by atoms with Gasteiger partial charge in [0.15, 0.2) is 0 Å². The predicted octanol–water partition coefficient (Wildman–Crippen LogP) is 2.92. The van der Waals surface area contributed by atoms with E-state index in [2.05, 4.69) is 28.0 Å². The number of piperazine rings is 1. The van der Waals surface area contributed by atoms with Gasteiger partial charge in [-0.3, -0.25) is 9.69 Å². The van der Waals surface area contributed by atoms with E-state index in [1.165, 1.54) is 23.3 Å². The predicted molar refractivity (Wildman–Crippen MR) is 105 cm³/mol. The fraction of sp³-hybridized carbons (Fsp3) is 0.409. The van der Waals surface area contributed by atoms with Gasteiger partial charge in [-0.2, -0.15) is 0 Å². The van der Waals surface area contributed by atoms with Gasteiger partial charge in [-0.1, -0.05) is 24.3 Å². The number of carbonyl (C=O) groups excluding carboxylic acids is 1. The number of nitrogens with zero attached hydrogens (tertiary/aromatic N) is 3. The summed E-state index contributed by atoms with van der Waals surface area (Å²) < 4.78 is 13.1. The molecule has 0 atom stereocenters. The van der Waals surface area contributed by atoms with E-state index in [0.717, 1.165) is 57.9 Å². The summed E-state index contributed by atoms with van der Waals surface area (Å²) in [5, 5.41) is 0. The van der Waals surface area contributed by atoms with Gasteiger partial charge in [0.1, 0.15) is 5.82 Å². The molecule has 2 aromatic rings. The lowest BCUT2D eigenvalue weighted by Gasteiger charge is -2.36.